The van der Waals surface area contributed by atoms with Crippen LogP contribution < -0.4 is 5.32 Å². The second kappa shape index (κ2) is 10.8. The number of halogens is 1. The smallest absolute Gasteiger partial charge is 0.262 e. The Hall–Kier alpha value is -3.66. The molecular weight excluding hydrogens is 534 g/mol. The Morgan fingerprint density at radius 2 is 1.56 bits per heavy atom. The summed E-state index contributed by atoms with van der Waals surface area (Å²) in [7, 11) is 0. The monoisotopic (exact) mass is 561 g/mol. The van der Waals surface area contributed by atoms with Gasteiger partial charge in [-0.1, -0.05) is 55.9 Å². The molecule has 3 aromatic carbocycles. The number of aromatic nitrogens is 2. The van der Waals surface area contributed by atoms with Crippen LogP contribution in [0.5, 0.6) is 0 Å². The molecule has 0 bridgehead atoms. The summed E-state index contributed by atoms with van der Waals surface area (Å²) in [4.78, 5) is 44.0. The summed E-state index contributed by atoms with van der Waals surface area (Å²) in [5, 5.41) is 8.99. The first kappa shape index (κ1) is 26.9. The van der Waals surface area contributed by atoms with Gasteiger partial charge in [0.15, 0.2) is 0 Å². The van der Waals surface area contributed by atoms with Gasteiger partial charge >= 0.3 is 0 Å². The molecule has 0 spiro atoms. The number of likely N-dealkylation sites (N-methyl/N-ethyl adjacent to an activating group) is 1. The van der Waals surface area contributed by atoms with E-state index in [1.165, 1.54) is 0 Å². The largest absolute Gasteiger partial charge is 0.323 e. The van der Waals surface area contributed by atoms with E-state index in [4.69, 9.17) is 5.10 Å². The van der Waals surface area contributed by atoms with Crippen LogP contribution in [0.4, 0.5) is 5.69 Å². The maximum absolute atomic E-state index is 13.1. The minimum atomic E-state index is -0.447. The van der Waals surface area contributed by atoms with E-state index in [1.54, 1.807) is 36.0 Å². The van der Waals surface area contributed by atoms with E-state index in [0.29, 0.717) is 16.8 Å². The molecule has 4 aromatic rings. The third-order valence-electron chi connectivity index (χ3n) is 7.20. The van der Waals surface area contributed by atoms with Gasteiger partial charge < -0.3 is 10.2 Å². The number of nitrogens with zero attached hydrogens (tertiary/aromatic N) is 4. The van der Waals surface area contributed by atoms with Crippen molar-refractivity contribution in [2.45, 2.75) is 30.2 Å². The molecule has 2 aliphatic heterocycles. The quantitative estimate of drug-likeness (QED) is 0.263. The van der Waals surface area contributed by atoms with Gasteiger partial charge in [-0.25, -0.2) is 0 Å². The Labute approximate surface area is 236 Å². The molecule has 2 aliphatic rings. The van der Waals surface area contributed by atoms with Gasteiger partial charge in [-0.2, -0.15) is 5.10 Å². The summed E-state index contributed by atoms with van der Waals surface area (Å²) < 4.78 is 2.06. The third kappa shape index (κ3) is 4.60. The number of rotatable bonds is 8. The van der Waals surface area contributed by atoms with E-state index in [1.807, 2.05) is 24.3 Å². The molecule has 0 atom stereocenters. The van der Waals surface area contributed by atoms with Gasteiger partial charge in [0.25, 0.3) is 11.8 Å². The average molecular weight is 562 g/mol. The van der Waals surface area contributed by atoms with Crippen molar-refractivity contribution in [3.05, 3.63) is 71.8 Å². The van der Waals surface area contributed by atoms with Crippen molar-refractivity contribution in [2.24, 2.45) is 0 Å². The molecule has 0 unspecified atom stereocenters. The summed E-state index contributed by atoms with van der Waals surface area (Å²) in [5.41, 5.74) is 4.29. The lowest BCUT2D eigenvalue weighted by atomic mass is 10.1. The van der Waals surface area contributed by atoms with Crippen molar-refractivity contribution in [1.82, 2.24) is 19.6 Å². The predicted octanol–water partition coefficient (Wildman–Crippen LogP) is 5.17. The first-order valence-electron chi connectivity index (χ1n) is 12.8. The zero-order chi connectivity index (χ0) is 26.4. The lowest BCUT2D eigenvalue weighted by Crippen LogP contribution is -2.37. The van der Waals surface area contributed by atoms with Gasteiger partial charge in [0, 0.05) is 27.3 Å². The summed E-state index contributed by atoms with van der Waals surface area (Å²) >= 11 is 1.60. The number of benzene rings is 3. The Balaban J connectivity index is 0.00000308. The van der Waals surface area contributed by atoms with Gasteiger partial charge in [-0.15, -0.1) is 12.4 Å². The zero-order valence-corrected chi connectivity index (χ0v) is 23.3. The lowest BCUT2D eigenvalue weighted by molar-refractivity contribution is -0.116. The molecule has 1 aromatic heterocycles. The topological polar surface area (TPSA) is 87.5 Å². The Kier molecular flexibility index (Phi) is 7.48. The number of carbonyl (C=O) groups excluding carboxylic acids is 3. The molecule has 3 heterocycles. The van der Waals surface area contributed by atoms with Gasteiger partial charge in [0.05, 0.1) is 28.9 Å². The highest BCUT2D eigenvalue weighted by molar-refractivity contribution is 8.00. The highest BCUT2D eigenvalue weighted by Crippen LogP contribution is 2.50. The molecule has 3 amide bonds. The van der Waals surface area contributed by atoms with Crippen molar-refractivity contribution >= 4 is 58.5 Å². The van der Waals surface area contributed by atoms with Crippen molar-refractivity contribution < 1.29 is 14.4 Å². The maximum Gasteiger partial charge on any atom is 0.262 e. The van der Waals surface area contributed by atoms with E-state index in [0.717, 1.165) is 63.0 Å². The SMILES string of the molecule is CCN(CC)CCn1nc2c3c(c(NC(=O)CN4C(=O)c5ccccc5C4=O)ccc31)Sc1ccccc1-2.Cl. The number of imide groups is 1. The van der Waals surface area contributed by atoms with Crippen LogP contribution in [0.3, 0.4) is 0 Å². The van der Waals surface area contributed by atoms with Crippen LogP contribution in [0.2, 0.25) is 0 Å². The van der Waals surface area contributed by atoms with Crippen molar-refractivity contribution in [3.63, 3.8) is 0 Å². The summed E-state index contributed by atoms with van der Waals surface area (Å²) in [6.07, 6.45) is 0. The molecule has 0 saturated heterocycles. The maximum atomic E-state index is 13.1. The standard InChI is InChI=1S/C29H27N5O3S.ClH/c1-3-32(4-2)15-16-34-22-14-13-21(27-25(22)26(31-34)20-11-7-8-12-23(20)38-27)30-24(35)17-33-28(36)18-9-5-6-10-19(18)29(33)37;/h5-14H,3-4,15-17H2,1-2H3,(H,30,35);1H. The molecule has 0 radical (unpaired) electrons. The third-order valence-corrected chi connectivity index (χ3v) is 8.41. The predicted molar refractivity (Wildman–Crippen MR) is 155 cm³/mol. The fraction of sp³-hybridized carbons (Fsp3) is 0.241. The average Bonchev–Trinajstić information content (AvgIpc) is 3.43. The second-order valence-corrected chi connectivity index (χ2v) is 10.4. The highest BCUT2D eigenvalue weighted by Gasteiger charge is 2.36. The number of hydrogen-bond acceptors (Lipinski definition) is 6. The van der Waals surface area contributed by atoms with Crippen LogP contribution in [0, 0.1) is 0 Å². The minimum Gasteiger partial charge on any atom is -0.323 e. The minimum absolute atomic E-state index is 0. The Bertz CT molecular complexity index is 1580. The van der Waals surface area contributed by atoms with Gasteiger partial charge in [-0.3, -0.25) is 24.0 Å². The van der Waals surface area contributed by atoms with Crippen LogP contribution in [-0.4, -0.2) is 63.5 Å². The van der Waals surface area contributed by atoms with Crippen LogP contribution in [0.1, 0.15) is 34.6 Å². The molecule has 10 heteroatoms. The molecule has 200 valence electrons. The first-order valence-corrected chi connectivity index (χ1v) is 13.6. The van der Waals surface area contributed by atoms with Gasteiger partial charge in [0.2, 0.25) is 5.91 Å². The molecule has 6 rings (SSSR count). The van der Waals surface area contributed by atoms with Crippen LogP contribution in [0.15, 0.2) is 70.5 Å². The van der Waals surface area contributed by atoms with Gasteiger partial charge in [0.1, 0.15) is 12.2 Å². The summed E-state index contributed by atoms with van der Waals surface area (Å²) in [5.74, 6) is -1.32. The highest BCUT2D eigenvalue weighted by atomic mass is 35.5. The van der Waals surface area contributed by atoms with Gasteiger partial charge in [-0.05, 0) is 43.4 Å². The van der Waals surface area contributed by atoms with E-state index < -0.39 is 17.7 Å². The van der Waals surface area contributed by atoms with Crippen molar-refractivity contribution in [3.8, 4) is 11.3 Å². The molecule has 39 heavy (non-hydrogen) atoms. The molecule has 1 N–H and O–H groups in total. The summed E-state index contributed by atoms with van der Waals surface area (Å²) in [6, 6.07) is 18.7. The van der Waals surface area contributed by atoms with Crippen LogP contribution >= 0.6 is 24.2 Å². The molecule has 0 fully saturated rings. The van der Waals surface area contributed by atoms with Crippen molar-refractivity contribution in [1.29, 1.82) is 0 Å². The van der Waals surface area contributed by atoms with Crippen LogP contribution in [0.25, 0.3) is 22.2 Å². The van der Waals surface area contributed by atoms with E-state index >= 15 is 0 Å². The van der Waals surface area contributed by atoms with E-state index in [2.05, 4.69) is 40.9 Å². The van der Waals surface area contributed by atoms with Crippen LogP contribution in [-0.2, 0) is 11.3 Å². The number of fused-ring (bicyclic) bond motifs is 3. The fourth-order valence-corrected chi connectivity index (χ4v) is 6.33. The van der Waals surface area contributed by atoms with E-state index in [9.17, 15) is 14.4 Å². The van der Waals surface area contributed by atoms with E-state index in [-0.39, 0.29) is 19.0 Å². The molecule has 0 aliphatic carbocycles. The number of nitrogens with one attached hydrogen (secondary N) is 1. The first-order chi connectivity index (χ1) is 18.5. The fourth-order valence-electron chi connectivity index (χ4n) is 5.16. The Morgan fingerprint density at radius 1 is 0.923 bits per heavy atom. The number of amides is 3. The zero-order valence-electron chi connectivity index (χ0n) is 21.6. The second-order valence-electron chi connectivity index (χ2n) is 9.32. The van der Waals surface area contributed by atoms with Crippen molar-refractivity contribution in [2.75, 3.05) is 31.5 Å². The molecular formula is C29H28ClN5O3S. The summed E-state index contributed by atoms with van der Waals surface area (Å²) in [6.45, 7) is 7.59. The normalized spacial score (nSPS) is 13.5. The molecule has 8 nitrogen and oxygen atoms in total. The lowest BCUT2D eigenvalue weighted by Gasteiger charge is -2.19. The Morgan fingerprint density at radius 3 is 2.23 bits per heavy atom. The number of hydrogen-bond donors (Lipinski definition) is 1. The number of carbonyl (C=O) groups is 3. The number of anilines is 1. The molecule has 0 saturated carbocycles.